The minimum atomic E-state index is -0.596. The predicted octanol–water partition coefficient (Wildman–Crippen LogP) is 2.97. The van der Waals surface area contributed by atoms with Gasteiger partial charge in [0.1, 0.15) is 17.2 Å². The van der Waals surface area contributed by atoms with Gasteiger partial charge in [0.15, 0.2) is 0 Å². The molecule has 0 aromatic heterocycles. The second kappa shape index (κ2) is 4.46. The van der Waals surface area contributed by atoms with E-state index >= 15 is 0 Å². The molecule has 1 spiro atoms. The Labute approximate surface area is 112 Å². The molecular formula is C15H19FO3. The number of halogens is 1. The monoisotopic (exact) mass is 266 g/mol. The Morgan fingerprint density at radius 2 is 1.89 bits per heavy atom. The molecule has 0 radical (unpaired) electrons. The summed E-state index contributed by atoms with van der Waals surface area (Å²) in [6, 6.07) is 4.33. The summed E-state index contributed by atoms with van der Waals surface area (Å²) < 4.78 is 25.1. The van der Waals surface area contributed by atoms with Gasteiger partial charge in [0.2, 0.25) is 0 Å². The number of hydrogen-bond donors (Lipinski definition) is 1. The van der Waals surface area contributed by atoms with Crippen LogP contribution in [0.25, 0.3) is 0 Å². The third kappa shape index (κ3) is 2.35. The van der Waals surface area contributed by atoms with Gasteiger partial charge in [0.25, 0.3) is 0 Å². The predicted molar refractivity (Wildman–Crippen MR) is 68.6 cm³/mol. The summed E-state index contributed by atoms with van der Waals surface area (Å²) in [5.41, 5.74) is 0.246. The minimum Gasteiger partial charge on any atom is -0.486 e. The number of fused-ring (bicyclic) bond motifs is 1. The molecule has 3 nitrogen and oxygen atoms in total. The maximum absolute atomic E-state index is 13.3. The third-order valence-electron chi connectivity index (χ3n) is 4.01. The van der Waals surface area contributed by atoms with Gasteiger partial charge in [-0.1, -0.05) is 0 Å². The SMILES string of the molecule is CC1CC2(CC(C)O1)C[C@@H](O)c1ccc(F)cc1O2. The molecule has 3 rings (SSSR count). The summed E-state index contributed by atoms with van der Waals surface area (Å²) in [6.07, 6.45) is 1.58. The molecule has 1 saturated heterocycles. The van der Waals surface area contributed by atoms with Crippen molar-refractivity contribution in [2.24, 2.45) is 0 Å². The van der Waals surface area contributed by atoms with E-state index in [2.05, 4.69) is 0 Å². The van der Waals surface area contributed by atoms with Crippen LogP contribution in [-0.2, 0) is 4.74 Å². The van der Waals surface area contributed by atoms with Gasteiger partial charge in [0.05, 0.1) is 18.3 Å². The van der Waals surface area contributed by atoms with Gasteiger partial charge in [-0.25, -0.2) is 4.39 Å². The van der Waals surface area contributed by atoms with Crippen LogP contribution < -0.4 is 4.74 Å². The van der Waals surface area contributed by atoms with Crippen molar-refractivity contribution in [1.82, 2.24) is 0 Å². The van der Waals surface area contributed by atoms with Crippen molar-refractivity contribution in [3.05, 3.63) is 29.6 Å². The zero-order chi connectivity index (χ0) is 13.6. The highest BCUT2D eigenvalue weighted by molar-refractivity contribution is 5.38. The van der Waals surface area contributed by atoms with Crippen LogP contribution in [0.5, 0.6) is 5.75 Å². The summed E-state index contributed by atoms with van der Waals surface area (Å²) in [6.45, 7) is 4.02. The van der Waals surface area contributed by atoms with Crippen LogP contribution in [0.3, 0.4) is 0 Å². The Kier molecular flexibility index (Phi) is 3.02. The summed E-state index contributed by atoms with van der Waals surface area (Å²) in [5.74, 6) is 0.135. The van der Waals surface area contributed by atoms with E-state index in [1.54, 1.807) is 6.07 Å². The first kappa shape index (κ1) is 12.9. The molecule has 0 aliphatic carbocycles. The fraction of sp³-hybridized carbons (Fsp3) is 0.600. The largest absolute Gasteiger partial charge is 0.486 e. The zero-order valence-corrected chi connectivity index (χ0v) is 11.2. The fourth-order valence-electron chi connectivity index (χ4n) is 3.48. The lowest BCUT2D eigenvalue weighted by Gasteiger charge is -2.46. The van der Waals surface area contributed by atoms with Gasteiger partial charge in [-0.05, 0) is 26.0 Å². The first-order valence-corrected chi connectivity index (χ1v) is 6.79. The molecule has 0 amide bonds. The van der Waals surface area contributed by atoms with E-state index in [9.17, 15) is 9.50 Å². The van der Waals surface area contributed by atoms with Crippen molar-refractivity contribution in [3.63, 3.8) is 0 Å². The number of aliphatic hydroxyl groups excluding tert-OH is 1. The van der Waals surface area contributed by atoms with E-state index in [-0.39, 0.29) is 18.0 Å². The normalized spacial score (nSPS) is 37.8. The van der Waals surface area contributed by atoms with Crippen LogP contribution in [-0.4, -0.2) is 22.9 Å². The lowest BCUT2D eigenvalue weighted by Crippen LogP contribution is -2.50. The zero-order valence-electron chi connectivity index (χ0n) is 11.2. The molecule has 4 heteroatoms. The quantitative estimate of drug-likeness (QED) is 0.784. The Bertz CT molecular complexity index is 478. The van der Waals surface area contributed by atoms with Crippen molar-refractivity contribution in [1.29, 1.82) is 0 Å². The van der Waals surface area contributed by atoms with Crippen molar-refractivity contribution < 1.29 is 19.0 Å². The summed E-state index contributed by atoms with van der Waals surface area (Å²) in [7, 11) is 0. The molecule has 0 saturated carbocycles. The van der Waals surface area contributed by atoms with Crippen molar-refractivity contribution in [2.45, 2.75) is 57.0 Å². The summed E-state index contributed by atoms with van der Waals surface area (Å²) in [4.78, 5) is 0. The first-order valence-electron chi connectivity index (χ1n) is 6.79. The molecule has 1 aromatic carbocycles. The molecular weight excluding hydrogens is 247 g/mol. The van der Waals surface area contributed by atoms with Gasteiger partial charge in [-0.3, -0.25) is 0 Å². The number of hydrogen-bond acceptors (Lipinski definition) is 3. The van der Waals surface area contributed by atoms with Crippen LogP contribution in [0.2, 0.25) is 0 Å². The van der Waals surface area contributed by atoms with Crippen molar-refractivity contribution >= 4 is 0 Å². The first-order chi connectivity index (χ1) is 8.97. The Morgan fingerprint density at radius 1 is 1.21 bits per heavy atom. The summed E-state index contributed by atoms with van der Waals surface area (Å²) in [5, 5.41) is 10.3. The number of aliphatic hydroxyl groups is 1. The van der Waals surface area contributed by atoms with Gasteiger partial charge < -0.3 is 14.6 Å². The maximum atomic E-state index is 13.3. The highest BCUT2D eigenvalue weighted by atomic mass is 19.1. The molecule has 1 fully saturated rings. The topological polar surface area (TPSA) is 38.7 Å². The highest BCUT2D eigenvalue weighted by Gasteiger charge is 2.45. The molecule has 0 bridgehead atoms. The van der Waals surface area contributed by atoms with Gasteiger partial charge in [-0.2, -0.15) is 0 Å². The van der Waals surface area contributed by atoms with Crippen molar-refractivity contribution in [2.75, 3.05) is 0 Å². The molecule has 2 unspecified atom stereocenters. The Morgan fingerprint density at radius 3 is 2.58 bits per heavy atom. The maximum Gasteiger partial charge on any atom is 0.128 e. The van der Waals surface area contributed by atoms with E-state index in [1.165, 1.54) is 12.1 Å². The third-order valence-corrected chi connectivity index (χ3v) is 4.01. The van der Waals surface area contributed by atoms with E-state index in [0.29, 0.717) is 17.7 Å². The molecule has 1 N–H and O–H groups in total. The van der Waals surface area contributed by atoms with Crippen molar-refractivity contribution in [3.8, 4) is 5.75 Å². The molecule has 1 aromatic rings. The van der Waals surface area contributed by atoms with Crippen LogP contribution in [0.4, 0.5) is 4.39 Å². The van der Waals surface area contributed by atoms with Gasteiger partial charge >= 0.3 is 0 Å². The Balaban J connectivity index is 1.95. The van der Waals surface area contributed by atoms with E-state index < -0.39 is 11.7 Å². The highest BCUT2D eigenvalue weighted by Crippen LogP contribution is 2.46. The van der Waals surface area contributed by atoms with Crippen LogP contribution in [0.15, 0.2) is 18.2 Å². The van der Waals surface area contributed by atoms with Crippen LogP contribution in [0.1, 0.15) is 44.8 Å². The number of rotatable bonds is 0. The molecule has 2 aliphatic rings. The van der Waals surface area contributed by atoms with E-state index in [0.717, 1.165) is 12.8 Å². The van der Waals surface area contributed by atoms with Crippen LogP contribution in [0, 0.1) is 5.82 Å². The van der Waals surface area contributed by atoms with E-state index in [4.69, 9.17) is 9.47 Å². The smallest absolute Gasteiger partial charge is 0.128 e. The minimum absolute atomic E-state index is 0.0889. The van der Waals surface area contributed by atoms with Crippen LogP contribution >= 0.6 is 0 Å². The molecule has 2 aliphatic heterocycles. The lowest BCUT2D eigenvalue weighted by atomic mass is 9.79. The Hall–Kier alpha value is -1.13. The molecule has 2 heterocycles. The second-order valence-corrected chi connectivity index (χ2v) is 5.85. The van der Waals surface area contributed by atoms with Gasteiger partial charge in [-0.15, -0.1) is 0 Å². The summed E-state index contributed by atoms with van der Waals surface area (Å²) >= 11 is 0. The van der Waals surface area contributed by atoms with Gasteiger partial charge in [0, 0.05) is 30.9 Å². The average Bonchev–Trinajstić information content (AvgIpc) is 2.25. The second-order valence-electron chi connectivity index (χ2n) is 5.85. The average molecular weight is 266 g/mol. The number of ether oxygens (including phenoxy) is 2. The molecule has 104 valence electrons. The number of benzene rings is 1. The fourth-order valence-corrected chi connectivity index (χ4v) is 3.48. The van der Waals surface area contributed by atoms with E-state index in [1.807, 2.05) is 13.8 Å². The molecule has 3 atom stereocenters. The standard InChI is InChI=1S/C15H19FO3/c1-9-6-15(7-10(2)18-9)8-13(17)12-4-3-11(16)5-14(12)19-15/h3-5,9-10,13,17H,6-8H2,1-2H3/t9?,10?,13-,15?/m1/s1. The lowest BCUT2D eigenvalue weighted by molar-refractivity contribution is -0.140. The molecule has 19 heavy (non-hydrogen) atoms.